The van der Waals surface area contributed by atoms with E-state index in [1.54, 1.807) is 0 Å². The van der Waals surface area contributed by atoms with Crippen LogP contribution < -0.4 is 5.32 Å². The molecule has 0 radical (unpaired) electrons. The Morgan fingerprint density at radius 2 is 2.00 bits per heavy atom. The summed E-state index contributed by atoms with van der Waals surface area (Å²) in [6.07, 6.45) is 1.12. The van der Waals surface area contributed by atoms with Crippen molar-refractivity contribution in [1.29, 1.82) is 0 Å². The molecule has 0 spiro atoms. The molecule has 1 aliphatic heterocycles. The van der Waals surface area contributed by atoms with Crippen LogP contribution in [0, 0.1) is 6.92 Å². The fourth-order valence-electron chi connectivity index (χ4n) is 3.35. The third-order valence-electron chi connectivity index (χ3n) is 4.65. The number of aryl methyl sites for hydroxylation is 1. The van der Waals surface area contributed by atoms with Gasteiger partial charge in [-0.1, -0.05) is 56.3 Å². The van der Waals surface area contributed by atoms with Gasteiger partial charge in [-0.2, -0.15) is 0 Å². The predicted octanol–water partition coefficient (Wildman–Crippen LogP) is 4.76. The van der Waals surface area contributed by atoms with E-state index in [-0.39, 0.29) is 12.0 Å². The quantitative estimate of drug-likeness (QED) is 0.881. The van der Waals surface area contributed by atoms with Crippen molar-refractivity contribution in [3.63, 3.8) is 0 Å². The average molecular weight is 323 g/mol. The lowest BCUT2D eigenvalue weighted by atomic mass is 9.95. The van der Waals surface area contributed by atoms with Crippen molar-refractivity contribution in [2.24, 2.45) is 0 Å². The molecule has 3 heteroatoms. The number of carbonyl (C=O) groups is 1. The molecule has 0 fully saturated rings. The fourth-order valence-corrected chi connectivity index (χ4v) is 3.35. The van der Waals surface area contributed by atoms with Gasteiger partial charge >= 0.3 is 0 Å². The molecule has 1 atom stereocenters. The normalized spacial score (nSPS) is 16.8. The average Bonchev–Trinajstić information content (AvgIpc) is 2.57. The fraction of sp³-hybridized carbons (Fsp3) is 0.381. The first kappa shape index (κ1) is 16.7. The highest BCUT2D eigenvalue weighted by Gasteiger charge is 2.23. The van der Waals surface area contributed by atoms with Gasteiger partial charge < -0.3 is 10.1 Å². The van der Waals surface area contributed by atoms with E-state index in [0.29, 0.717) is 18.9 Å². The first-order valence-corrected chi connectivity index (χ1v) is 8.65. The number of carbonyl (C=O) groups excluding carboxylic acids is 1. The predicted molar refractivity (Wildman–Crippen MR) is 97.4 cm³/mol. The van der Waals surface area contributed by atoms with Gasteiger partial charge in [0.15, 0.2) is 0 Å². The van der Waals surface area contributed by atoms with E-state index in [1.165, 1.54) is 11.1 Å². The molecule has 1 heterocycles. The summed E-state index contributed by atoms with van der Waals surface area (Å²) in [4.78, 5) is 12.6. The Morgan fingerprint density at radius 1 is 1.21 bits per heavy atom. The van der Waals surface area contributed by atoms with Gasteiger partial charge in [0.1, 0.15) is 0 Å². The van der Waals surface area contributed by atoms with E-state index in [1.807, 2.05) is 31.2 Å². The molecule has 24 heavy (non-hydrogen) atoms. The van der Waals surface area contributed by atoms with Crippen LogP contribution in [-0.2, 0) is 16.0 Å². The maximum atomic E-state index is 12.6. The minimum Gasteiger partial charge on any atom is -0.373 e. The summed E-state index contributed by atoms with van der Waals surface area (Å²) in [5.74, 6) is 0.375. The number of para-hydroxylation sites is 1. The molecule has 1 unspecified atom stereocenters. The molecule has 0 aliphatic carbocycles. The molecular formula is C21H25NO2. The van der Waals surface area contributed by atoms with Gasteiger partial charge in [0.05, 0.1) is 19.1 Å². The zero-order chi connectivity index (χ0) is 17.1. The maximum absolute atomic E-state index is 12.6. The van der Waals surface area contributed by atoms with E-state index >= 15 is 0 Å². The van der Waals surface area contributed by atoms with Crippen LogP contribution in [0.1, 0.15) is 54.5 Å². The molecule has 1 N–H and O–H groups in total. The molecule has 1 aliphatic rings. The van der Waals surface area contributed by atoms with Crippen LogP contribution in [0.4, 0.5) is 5.69 Å². The van der Waals surface area contributed by atoms with Crippen LogP contribution in [0.2, 0.25) is 0 Å². The molecule has 3 nitrogen and oxygen atoms in total. The zero-order valence-corrected chi connectivity index (χ0v) is 14.6. The number of anilines is 1. The SMILES string of the molecule is Cc1cccc(C(C)C)c1NC(=O)CC1OCCc2ccccc21. The third-order valence-corrected chi connectivity index (χ3v) is 4.65. The van der Waals surface area contributed by atoms with Crippen molar-refractivity contribution < 1.29 is 9.53 Å². The molecule has 0 aromatic heterocycles. The summed E-state index contributed by atoms with van der Waals surface area (Å²) in [5, 5.41) is 3.12. The molecule has 0 bridgehead atoms. The van der Waals surface area contributed by atoms with Crippen molar-refractivity contribution in [3.05, 3.63) is 64.7 Å². The summed E-state index contributed by atoms with van der Waals surface area (Å²) in [6.45, 7) is 7.00. The molecule has 0 saturated heterocycles. The van der Waals surface area contributed by atoms with E-state index < -0.39 is 0 Å². The molecule has 126 valence electrons. The minimum absolute atomic E-state index is 0.00732. The summed E-state index contributed by atoms with van der Waals surface area (Å²) >= 11 is 0. The molecule has 2 aromatic carbocycles. The summed E-state index contributed by atoms with van der Waals surface area (Å²) < 4.78 is 5.86. The van der Waals surface area contributed by atoms with Crippen LogP contribution >= 0.6 is 0 Å². The summed E-state index contributed by atoms with van der Waals surface area (Å²) in [5.41, 5.74) is 5.66. The molecular weight excluding hydrogens is 298 g/mol. The van der Waals surface area contributed by atoms with E-state index in [2.05, 4.69) is 37.4 Å². The highest BCUT2D eigenvalue weighted by Crippen LogP contribution is 2.31. The largest absolute Gasteiger partial charge is 0.373 e. The van der Waals surface area contributed by atoms with Gasteiger partial charge in [0.2, 0.25) is 5.91 Å². The van der Waals surface area contributed by atoms with Crippen molar-refractivity contribution in [3.8, 4) is 0 Å². The van der Waals surface area contributed by atoms with Gasteiger partial charge in [-0.25, -0.2) is 0 Å². The van der Waals surface area contributed by atoms with Crippen molar-refractivity contribution in [2.45, 2.75) is 45.6 Å². The van der Waals surface area contributed by atoms with Crippen LogP contribution in [0.3, 0.4) is 0 Å². The number of fused-ring (bicyclic) bond motifs is 1. The Morgan fingerprint density at radius 3 is 2.79 bits per heavy atom. The van der Waals surface area contributed by atoms with Gasteiger partial charge in [-0.3, -0.25) is 4.79 Å². The first-order chi connectivity index (χ1) is 11.6. The number of nitrogens with one attached hydrogen (secondary N) is 1. The second-order valence-electron chi connectivity index (χ2n) is 6.75. The van der Waals surface area contributed by atoms with Crippen LogP contribution in [0.25, 0.3) is 0 Å². The summed E-state index contributed by atoms with van der Waals surface area (Å²) in [6, 6.07) is 14.4. The Hall–Kier alpha value is -2.13. The molecule has 1 amide bonds. The topological polar surface area (TPSA) is 38.3 Å². The van der Waals surface area contributed by atoms with E-state index in [4.69, 9.17) is 4.74 Å². The van der Waals surface area contributed by atoms with E-state index in [0.717, 1.165) is 23.2 Å². The Balaban J connectivity index is 1.76. The standard InChI is InChI=1S/C21H25NO2/c1-14(2)17-10-6-7-15(3)21(17)22-20(23)13-19-18-9-5-4-8-16(18)11-12-24-19/h4-10,14,19H,11-13H2,1-3H3,(H,22,23). The number of amides is 1. The first-order valence-electron chi connectivity index (χ1n) is 8.65. The van der Waals surface area contributed by atoms with Crippen molar-refractivity contribution in [2.75, 3.05) is 11.9 Å². The smallest absolute Gasteiger partial charge is 0.227 e. The highest BCUT2D eigenvalue weighted by molar-refractivity contribution is 5.93. The van der Waals surface area contributed by atoms with Gasteiger partial charge in [0, 0.05) is 5.69 Å². The number of benzene rings is 2. The van der Waals surface area contributed by atoms with Crippen LogP contribution in [0.15, 0.2) is 42.5 Å². The molecule has 3 rings (SSSR count). The lowest BCUT2D eigenvalue weighted by Crippen LogP contribution is -2.23. The Labute approximate surface area is 144 Å². The number of rotatable bonds is 4. The van der Waals surface area contributed by atoms with Crippen LogP contribution in [0.5, 0.6) is 0 Å². The lowest BCUT2D eigenvalue weighted by Gasteiger charge is -2.26. The van der Waals surface area contributed by atoms with Crippen molar-refractivity contribution >= 4 is 11.6 Å². The Bertz CT molecular complexity index is 736. The third kappa shape index (κ3) is 3.51. The van der Waals surface area contributed by atoms with Gasteiger partial charge in [-0.05, 0) is 41.5 Å². The van der Waals surface area contributed by atoms with Gasteiger partial charge in [0.25, 0.3) is 0 Å². The Kier molecular flexibility index (Phi) is 5.00. The number of ether oxygens (including phenoxy) is 1. The lowest BCUT2D eigenvalue weighted by molar-refractivity contribution is -0.119. The summed E-state index contributed by atoms with van der Waals surface area (Å²) in [7, 11) is 0. The number of hydrogen-bond donors (Lipinski definition) is 1. The van der Waals surface area contributed by atoms with Crippen molar-refractivity contribution in [1.82, 2.24) is 0 Å². The monoisotopic (exact) mass is 323 g/mol. The highest BCUT2D eigenvalue weighted by atomic mass is 16.5. The maximum Gasteiger partial charge on any atom is 0.227 e. The second-order valence-corrected chi connectivity index (χ2v) is 6.75. The second kappa shape index (κ2) is 7.18. The molecule has 0 saturated carbocycles. The van der Waals surface area contributed by atoms with Crippen LogP contribution in [-0.4, -0.2) is 12.5 Å². The molecule has 2 aromatic rings. The number of hydrogen-bond acceptors (Lipinski definition) is 2. The minimum atomic E-state index is -0.151. The zero-order valence-electron chi connectivity index (χ0n) is 14.6. The van der Waals surface area contributed by atoms with E-state index in [9.17, 15) is 4.79 Å². The van der Waals surface area contributed by atoms with Gasteiger partial charge in [-0.15, -0.1) is 0 Å².